The lowest BCUT2D eigenvalue weighted by atomic mass is 10.0. The third kappa shape index (κ3) is 55.1. The lowest BCUT2D eigenvalue weighted by molar-refractivity contribution is -0.143. The maximum atomic E-state index is 12.5. The molecule has 0 aliphatic carbocycles. The lowest BCUT2D eigenvalue weighted by Gasteiger charge is -2.22. The van der Waals surface area contributed by atoms with Crippen LogP contribution >= 0.6 is 0 Å². The highest BCUT2D eigenvalue weighted by Crippen LogP contribution is 2.17. The third-order valence-electron chi connectivity index (χ3n) is 14.1. The maximum absolute atomic E-state index is 12.5. The van der Waals surface area contributed by atoms with Crippen molar-refractivity contribution in [2.75, 3.05) is 13.2 Å². The van der Waals surface area contributed by atoms with Gasteiger partial charge in [0.15, 0.2) is 0 Å². The van der Waals surface area contributed by atoms with E-state index in [0.29, 0.717) is 25.9 Å². The van der Waals surface area contributed by atoms with Crippen molar-refractivity contribution in [1.29, 1.82) is 0 Å². The topological polar surface area (TPSA) is 95.9 Å². The van der Waals surface area contributed by atoms with E-state index in [1.165, 1.54) is 231 Å². The Labute approximate surface area is 436 Å². The van der Waals surface area contributed by atoms with E-state index in [2.05, 4.69) is 67.8 Å². The summed E-state index contributed by atoms with van der Waals surface area (Å²) in [6, 6.07) is -0.544. The number of carbonyl (C=O) groups excluding carboxylic acids is 2. The predicted octanol–water partition coefficient (Wildman–Crippen LogP) is 19.4. The average molecular weight is 983 g/mol. The van der Waals surface area contributed by atoms with Gasteiger partial charge in [-0.05, 0) is 83.5 Å². The van der Waals surface area contributed by atoms with Crippen LogP contribution in [0.2, 0.25) is 0 Å². The largest absolute Gasteiger partial charge is 0.466 e. The molecule has 70 heavy (non-hydrogen) atoms. The molecule has 0 aromatic heterocycles. The first-order valence-electron chi connectivity index (χ1n) is 30.9. The number of carbonyl (C=O) groups is 2. The van der Waals surface area contributed by atoms with E-state index in [-0.39, 0.29) is 18.5 Å². The second-order valence-electron chi connectivity index (χ2n) is 21.0. The van der Waals surface area contributed by atoms with Crippen molar-refractivity contribution in [2.45, 2.75) is 334 Å². The molecule has 0 spiro atoms. The maximum Gasteiger partial charge on any atom is 0.305 e. The minimum absolute atomic E-state index is 0.00514. The van der Waals surface area contributed by atoms with Crippen LogP contribution in [-0.2, 0) is 14.3 Å². The normalized spacial score (nSPS) is 12.9. The summed E-state index contributed by atoms with van der Waals surface area (Å²) in [7, 11) is 0. The van der Waals surface area contributed by atoms with Crippen molar-refractivity contribution in [3.63, 3.8) is 0 Å². The molecular weight excluding hydrogens is 863 g/mol. The first-order valence-corrected chi connectivity index (χ1v) is 30.9. The fraction of sp³-hybridized carbons (Fsp3) is 0.844. The van der Waals surface area contributed by atoms with Gasteiger partial charge in [0.2, 0.25) is 5.91 Å². The van der Waals surface area contributed by atoms with Crippen molar-refractivity contribution < 1.29 is 24.5 Å². The third-order valence-corrected chi connectivity index (χ3v) is 14.1. The number of aliphatic hydroxyl groups is 2. The van der Waals surface area contributed by atoms with Crippen LogP contribution in [0.25, 0.3) is 0 Å². The van der Waals surface area contributed by atoms with Gasteiger partial charge in [-0.3, -0.25) is 9.59 Å². The van der Waals surface area contributed by atoms with Gasteiger partial charge in [-0.2, -0.15) is 0 Å². The van der Waals surface area contributed by atoms with Crippen molar-refractivity contribution in [1.82, 2.24) is 5.32 Å². The standard InChI is InChI=1S/C64H119NO5/c1-3-5-7-9-11-13-15-32-36-40-44-48-52-56-62(67)61(60-66)65-63(68)57-53-49-45-41-37-34-30-28-26-24-22-20-18-17-19-21-23-25-27-29-31-35-39-43-47-51-55-59-70-64(69)58-54-50-46-42-38-33-16-14-12-10-8-6-4-2/h8,10,14,16-18,21,23,61-62,66-67H,3-7,9,11-13,15,19-20,22,24-60H2,1-2H3,(H,65,68)/b10-8-,16-14-,18-17-,23-21-. The number of unbranched alkanes of at least 4 members (excludes halogenated alkanes) is 38. The summed E-state index contributed by atoms with van der Waals surface area (Å²) in [6.07, 6.45) is 75.5. The molecule has 0 aliphatic heterocycles. The van der Waals surface area contributed by atoms with Gasteiger partial charge in [0.25, 0.3) is 0 Å². The number of hydrogen-bond donors (Lipinski definition) is 3. The smallest absolute Gasteiger partial charge is 0.305 e. The van der Waals surface area contributed by atoms with Crippen LogP contribution < -0.4 is 5.32 Å². The van der Waals surface area contributed by atoms with Gasteiger partial charge in [0.05, 0.1) is 25.4 Å². The minimum Gasteiger partial charge on any atom is -0.466 e. The Morgan fingerprint density at radius 1 is 0.400 bits per heavy atom. The highest BCUT2D eigenvalue weighted by atomic mass is 16.5. The monoisotopic (exact) mass is 982 g/mol. The second kappa shape index (κ2) is 59.4. The van der Waals surface area contributed by atoms with E-state index in [0.717, 1.165) is 57.8 Å². The molecule has 0 radical (unpaired) electrons. The Kier molecular flexibility index (Phi) is 57.5. The highest BCUT2D eigenvalue weighted by Gasteiger charge is 2.20. The number of hydrogen-bond acceptors (Lipinski definition) is 5. The van der Waals surface area contributed by atoms with Gasteiger partial charge >= 0.3 is 5.97 Å². The summed E-state index contributed by atoms with van der Waals surface area (Å²) < 4.78 is 5.46. The van der Waals surface area contributed by atoms with E-state index < -0.39 is 12.1 Å². The summed E-state index contributed by atoms with van der Waals surface area (Å²) in [5.74, 6) is -0.0432. The summed E-state index contributed by atoms with van der Waals surface area (Å²) in [5, 5.41) is 23.2. The zero-order valence-corrected chi connectivity index (χ0v) is 46.7. The molecule has 0 bridgehead atoms. The van der Waals surface area contributed by atoms with E-state index in [1.54, 1.807) is 0 Å². The van der Waals surface area contributed by atoms with Gasteiger partial charge in [0.1, 0.15) is 0 Å². The predicted molar refractivity (Wildman–Crippen MR) is 306 cm³/mol. The molecule has 6 nitrogen and oxygen atoms in total. The summed E-state index contributed by atoms with van der Waals surface area (Å²) >= 11 is 0. The van der Waals surface area contributed by atoms with E-state index in [9.17, 15) is 19.8 Å². The fourth-order valence-corrected chi connectivity index (χ4v) is 9.36. The van der Waals surface area contributed by atoms with Crippen LogP contribution in [-0.4, -0.2) is 47.4 Å². The molecule has 0 aromatic carbocycles. The summed E-state index contributed by atoms with van der Waals surface area (Å²) in [6.45, 7) is 4.88. The number of esters is 1. The number of amides is 1. The number of aliphatic hydroxyl groups excluding tert-OH is 2. The van der Waals surface area contributed by atoms with E-state index in [1.807, 2.05) is 0 Å². The molecule has 1 amide bonds. The molecule has 0 saturated carbocycles. The first-order chi connectivity index (χ1) is 34.5. The van der Waals surface area contributed by atoms with Gasteiger partial charge in [-0.25, -0.2) is 0 Å². The molecule has 0 fully saturated rings. The lowest BCUT2D eigenvalue weighted by Crippen LogP contribution is -2.45. The zero-order valence-electron chi connectivity index (χ0n) is 46.7. The molecule has 0 saturated heterocycles. The molecular formula is C64H119NO5. The molecule has 2 unspecified atom stereocenters. The molecule has 3 N–H and O–H groups in total. The summed E-state index contributed by atoms with van der Waals surface area (Å²) in [5.41, 5.74) is 0. The first kappa shape index (κ1) is 67.8. The number of allylic oxidation sites excluding steroid dienone is 8. The van der Waals surface area contributed by atoms with Crippen LogP contribution in [0.15, 0.2) is 48.6 Å². The van der Waals surface area contributed by atoms with Crippen LogP contribution in [0.4, 0.5) is 0 Å². The van der Waals surface area contributed by atoms with Gasteiger partial charge in [-0.15, -0.1) is 0 Å². The Balaban J connectivity index is 3.42. The van der Waals surface area contributed by atoms with E-state index >= 15 is 0 Å². The second-order valence-corrected chi connectivity index (χ2v) is 21.0. The van der Waals surface area contributed by atoms with Crippen molar-refractivity contribution in [3.05, 3.63) is 48.6 Å². The Hall–Kier alpha value is -2.18. The average Bonchev–Trinajstić information content (AvgIpc) is 3.36. The van der Waals surface area contributed by atoms with Crippen LogP contribution in [0.3, 0.4) is 0 Å². The Bertz CT molecular complexity index is 1180. The van der Waals surface area contributed by atoms with Crippen LogP contribution in [0.5, 0.6) is 0 Å². The molecule has 6 heteroatoms. The Morgan fingerprint density at radius 3 is 1.14 bits per heavy atom. The van der Waals surface area contributed by atoms with Gasteiger partial charge in [-0.1, -0.05) is 274 Å². The zero-order chi connectivity index (χ0) is 50.7. The number of ether oxygens (including phenoxy) is 1. The SMILES string of the molecule is CCC/C=C\C/C=C\CCCCCCCC(=O)OCCCCCCCCCCC/C=C\C/C=C\CCCCCCCCCCCCCC(=O)NC(CO)C(O)CCCCCCCCCCCCCCC. The van der Waals surface area contributed by atoms with Crippen molar-refractivity contribution in [2.24, 2.45) is 0 Å². The Morgan fingerprint density at radius 2 is 0.743 bits per heavy atom. The van der Waals surface area contributed by atoms with E-state index in [4.69, 9.17) is 4.74 Å². The molecule has 410 valence electrons. The fourth-order valence-electron chi connectivity index (χ4n) is 9.36. The van der Waals surface area contributed by atoms with Crippen LogP contribution in [0.1, 0.15) is 322 Å². The van der Waals surface area contributed by atoms with Crippen molar-refractivity contribution in [3.8, 4) is 0 Å². The minimum atomic E-state index is -0.666. The quantitative estimate of drug-likeness (QED) is 0.0321. The molecule has 0 heterocycles. The van der Waals surface area contributed by atoms with Crippen molar-refractivity contribution >= 4 is 11.9 Å². The molecule has 0 aliphatic rings. The number of nitrogens with one attached hydrogen (secondary N) is 1. The summed E-state index contributed by atoms with van der Waals surface area (Å²) in [4.78, 5) is 24.5. The highest BCUT2D eigenvalue weighted by molar-refractivity contribution is 5.76. The number of rotatable bonds is 57. The molecule has 2 atom stereocenters. The molecule has 0 rings (SSSR count). The molecule has 0 aromatic rings. The van der Waals surface area contributed by atoms with Crippen LogP contribution in [0, 0.1) is 0 Å². The van der Waals surface area contributed by atoms with Gasteiger partial charge in [0, 0.05) is 12.8 Å². The van der Waals surface area contributed by atoms with Gasteiger partial charge < -0.3 is 20.3 Å².